The van der Waals surface area contributed by atoms with Crippen LogP contribution in [0.3, 0.4) is 0 Å². The number of carbonyl (C=O) groups excluding carboxylic acids is 3. The zero-order chi connectivity index (χ0) is 21.7. The first-order valence-electron chi connectivity index (χ1n) is 8.40. The number of hydrogen-bond donors (Lipinski definition) is 2. The van der Waals surface area contributed by atoms with Gasteiger partial charge in [0.15, 0.2) is 0 Å². The van der Waals surface area contributed by atoms with Crippen LogP contribution in [0.15, 0.2) is 40.7 Å². The van der Waals surface area contributed by atoms with Crippen LogP contribution in [0.4, 0.5) is 0 Å². The largest absolute Gasteiger partial charge is 0.466 e. The van der Waals surface area contributed by atoms with Crippen LogP contribution in [-0.4, -0.2) is 43.6 Å². The summed E-state index contributed by atoms with van der Waals surface area (Å²) >= 11 is 13.8. The molecule has 1 heterocycles. The first-order chi connectivity index (χ1) is 13.7. The Morgan fingerprint density at radius 3 is 2.34 bits per heavy atom. The molecule has 0 spiro atoms. The Balaban J connectivity index is 2.71. The van der Waals surface area contributed by atoms with Gasteiger partial charge < -0.3 is 20.5 Å². The molecule has 7 nitrogen and oxygen atoms in total. The van der Waals surface area contributed by atoms with Gasteiger partial charge in [-0.15, -0.1) is 11.8 Å². The topological polar surface area (TPSA) is 108 Å². The Morgan fingerprint density at radius 2 is 1.76 bits per heavy atom. The Hall–Kier alpha value is -2.16. The second-order valence-corrected chi connectivity index (χ2v) is 7.84. The normalized spacial score (nSPS) is 16.4. The van der Waals surface area contributed by atoms with Gasteiger partial charge in [0, 0.05) is 17.1 Å². The van der Waals surface area contributed by atoms with Gasteiger partial charge in [0.05, 0.1) is 47.1 Å². The molecule has 1 aliphatic rings. The van der Waals surface area contributed by atoms with Gasteiger partial charge in [0.1, 0.15) is 0 Å². The third kappa shape index (κ3) is 5.07. The highest BCUT2D eigenvalue weighted by Gasteiger charge is 2.39. The molecule has 0 radical (unpaired) electrons. The second kappa shape index (κ2) is 10.0. The molecule has 0 saturated carbocycles. The summed E-state index contributed by atoms with van der Waals surface area (Å²) in [5, 5.41) is 3.55. The minimum absolute atomic E-state index is 0.0643. The number of allylic oxidation sites excluding steroid dienone is 1. The van der Waals surface area contributed by atoms with Gasteiger partial charge in [-0.1, -0.05) is 35.3 Å². The molecule has 29 heavy (non-hydrogen) atoms. The van der Waals surface area contributed by atoms with Crippen molar-refractivity contribution in [3.05, 3.63) is 56.3 Å². The zero-order valence-corrected chi connectivity index (χ0v) is 18.3. The minimum Gasteiger partial charge on any atom is -0.466 e. The Labute approximate surface area is 182 Å². The highest BCUT2D eigenvalue weighted by molar-refractivity contribution is 8.00. The Bertz CT molecular complexity index is 914. The molecule has 1 unspecified atom stereocenters. The molecule has 1 aromatic carbocycles. The lowest BCUT2D eigenvalue weighted by Crippen LogP contribution is -2.34. The van der Waals surface area contributed by atoms with Gasteiger partial charge in [0.2, 0.25) is 5.91 Å². The number of dihydropyridines is 1. The number of ether oxygens (including phenoxy) is 2. The summed E-state index contributed by atoms with van der Waals surface area (Å²) in [4.78, 5) is 36.4. The van der Waals surface area contributed by atoms with Crippen LogP contribution >= 0.6 is 35.0 Å². The van der Waals surface area contributed by atoms with Crippen LogP contribution in [0.5, 0.6) is 0 Å². The number of benzene rings is 1. The number of primary amides is 1. The predicted octanol–water partition coefficient (Wildman–Crippen LogP) is 2.77. The Morgan fingerprint density at radius 1 is 1.14 bits per heavy atom. The fourth-order valence-corrected chi connectivity index (χ4v) is 4.20. The third-order valence-corrected chi connectivity index (χ3v) is 6.05. The van der Waals surface area contributed by atoms with Gasteiger partial charge in [0.25, 0.3) is 0 Å². The van der Waals surface area contributed by atoms with Crippen molar-refractivity contribution in [2.75, 3.05) is 25.7 Å². The summed E-state index contributed by atoms with van der Waals surface area (Å²) < 4.78 is 9.92. The van der Waals surface area contributed by atoms with Crippen LogP contribution in [0.2, 0.25) is 10.0 Å². The van der Waals surface area contributed by atoms with Gasteiger partial charge in [-0.2, -0.15) is 0 Å². The van der Waals surface area contributed by atoms with Crippen molar-refractivity contribution >= 4 is 52.8 Å². The van der Waals surface area contributed by atoms with E-state index in [-0.39, 0.29) is 32.7 Å². The molecule has 0 bridgehead atoms. The first kappa shape index (κ1) is 23.1. The summed E-state index contributed by atoms with van der Waals surface area (Å²) in [5.74, 6) is -2.30. The number of nitrogens with one attached hydrogen (secondary N) is 1. The maximum atomic E-state index is 12.7. The van der Waals surface area contributed by atoms with E-state index < -0.39 is 23.8 Å². The molecule has 0 fully saturated rings. The van der Waals surface area contributed by atoms with E-state index in [2.05, 4.69) is 5.32 Å². The smallest absolute Gasteiger partial charge is 0.336 e. The predicted molar refractivity (Wildman–Crippen MR) is 113 cm³/mol. The van der Waals surface area contributed by atoms with Crippen molar-refractivity contribution in [3.8, 4) is 0 Å². The maximum absolute atomic E-state index is 12.7. The average molecular weight is 459 g/mol. The number of amides is 1. The average Bonchev–Trinajstić information content (AvgIpc) is 2.68. The highest BCUT2D eigenvalue weighted by Crippen LogP contribution is 2.43. The van der Waals surface area contributed by atoms with E-state index in [4.69, 9.17) is 38.4 Å². The van der Waals surface area contributed by atoms with Crippen molar-refractivity contribution in [2.45, 2.75) is 12.8 Å². The lowest BCUT2D eigenvalue weighted by atomic mass is 9.80. The number of carbonyl (C=O) groups is 3. The van der Waals surface area contributed by atoms with Gasteiger partial charge >= 0.3 is 11.9 Å². The fraction of sp³-hybridized carbons (Fsp3) is 0.316. The van der Waals surface area contributed by atoms with E-state index in [1.807, 2.05) is 0 Å². The summed E-state index contributed by atoms with van der Waals surface area (Å²) in [6.07, 6.45) is 0. The molecular weight excluding hydrogens is 439 g/mol. The first-order valence-corrected chi connectivity index (χ1v) is 10.3. The van der Waals surface area contributed by atoms with Crippen molar-refractivity contribution in [1.82, 2.24) is 5.32 Å². The molecular formula is C19H20Cl2N2O5S. The van der Waals surface area contributed by atoms with Gasteiger partial charge in [-0.25, -0.2) is 9.59 Å². The molecule has 0 aliphatic carbocycles. The number of halogens is 2. The van der Waals surface area contributed by atoms with Gasteiger partial charge in [-0.3, -0.25) is 4.79 Å². The summed E-state index contributed by atoms with van der Waals surface area (Å²) in [5.41, 5.74) is 7.01. The molecule has 1 aliphatic heterocycles. The molecule has 0 aromatic heterocycles. The number of thioether (sulfide) groups is 1. The van der Waals surface area contributed by atoms with E-state index in [0.29, 0.717) is 17.0 Å². The number of rotatable bonds is 7. The van der Waals surface area contributed by atoms with E-state index in [1.165, 1.54) is 26.0 Å². The van der Waals surface area contributed by atoms with Crippen molar-refractivity contribution in [2.24, 2.45) is 5.73 Å². The van der Waals surface area contributed by atoms with E-state index in [1.54, 1.807) is 25.1 Å². The molecule has 1 aromatic rings. The Kier molecular flexibility index (Phi) is 8.01. The van der Waals surface area contributed by atoms with Crippen molar-refractivity contribution in [1.29, 1.82) is 0 Å². The third-order valence-electron chi connectivity index (χ3n) is 4.24. The summed E-state index contributed by atoms with van der Waals surface area (Å²) in [7, 11) is 2.49. The molecule has 10 heteroatoms. The highest BCUT2D eigenvalue weighted by atomic mass is 35.5. The number of esters is 2. The van der Waals surface area contributed by atoms with Crippen LogP contribution in [0.25, 0.3) is 0 Å². The van der Waals surface area contributed by atoms with Gasteiger partial charge in [-0.05, 0) is 18.6 Å². The number of methoxy groups -OCH3 is 2. The molecule has 3 N–H and O–H groups in total. The number of nitrogens with two attached hydrogens (primary N) is 1. The lowest BCUT2D eigenvalue weighted by Gasteiger charge is -2.31. The quantitative estimate of drug-likeness (QED) is 0.604. The van der Waals surface area contributed by atoms with Crippen LogP contribution in [0.1, 0.15) is 18.4 Å². The van der Waals surface area contributed by atoms with E-state index in [0.717, 1.165) is 0 Å². The van der Waals surface area contributed by atoms with Crippen LogP contribution in [-0.2, 0) is 23.9 Å². The fourth-order valence-electron chi connectivity index (χ4n) is 3.05. The molecule has 156 valence electrons. The summed E-state index contributed by atoms with van der Waals surface area (Å²) in [6.45, 7) is 1.69. The van der Waals surface area contributed by atoms with Crippen LogP contribution in [0, 0.1) is 0 Å². The standard InChI is InChI=1S/C19H20Cl2N2O5S/c1-9-14(18(25)27-2)15(10-5-4-6-11(20)17(10)21)16(19(26)28-3)12(23-9)7-29-8-13(22)24/h4-6,15,23H,7-8H2,1-3H3,(H2,22,24). The monoisotopic (exact) mass is 458 g/mol. The lowest BCUT2D eigenvalue weighted by molar-refractivity contribution is -0.137. The van der Waals surface area contributed by atoms with Crippen molar-refractivity contribution in [3.63, 3.8) is 0 Å². The molecule has 1 amide bonds. The van der Waals surface area contributed by atoms with E-state index >= 15 is 0 Å². The van der Waals surface area contributed by atoms with Crippen molar-refractivity contribution < 1.29 is 23.9 Å². The minimum atomic E-state index is -0.869. The van der Waals surface area contributed by atoms with E-state index in [9.17, 15) is 14.4 Å². The molecule has 2 rings (SSSR count). The number of hydrogen-bond acceptors (Lipinski definition) is 7. The maximum Gasteiger partial charge on any atom is 0.336 e. The molecule has 1 atom stereocenters. The SMILES string of the molecule is COC(=O)C1=C(C)NC(CSCC(N)=O)=C(C(=O)OC)C1c1cccc(Cl)c1Cl. The summed E-state index contributed by atoms with van der Waals surface area (Å²) in [6, 6.07) is 4.96. The second-order valence-electron chi connectivity index (χ2n) is 6.07. The molecule has 0 saturated heterocycles. The zero-order valence-electron chi connectivity index (χ0n) is 16.0. The van der Waals surface area contributed by atoms with Crippen LogP contribution < -0.4 is 11.1 Å².